The average Bonchev–Trinajstić information content (AvgIpc) is 3.56. The van der Waals surface area contributed by atoms with Crippen LogP contribution in [-0.2, 0) is 16.1 Å². The normalized spacial score (nSPS) is 17.5. The molecule has 4 rings (SSSR count). The number of fused-ring (bicyclic) bond motifs is 1. The smallest absolute Gasteiger partial charge is 0.237 e. The zero-order chi connectivity index (χ0) is 37.2. The molecule has 6 atom stereocenters. The SMILES string of the molecule is CC[C@@H](C)[C@@H](N)C(=O)NCc1nc2c(C(=O)c3ccccc3OCCOC)c(C(=O)C(C(C)C)C(O)[C@H](O)[C@@H](N)CC3CCCCC3)ccc2[nH]1. The number of para-hydroxylation sites is 1. The summed E-state index contributed by atoms with van der Waals surface area (Å²) < 4.78 is 11.0. The number of imidazole rings is 1. The zero-order valence-corrected chi connectivity index (χ0v) is 30.7. The first-order valence-corrected chi connectivity index (χ1v) is 18.4. The molecule has 1 amide bonds. The number of ether oxygens (including phenoxy) is 2. The van der Waals surface area contributed by atoms with E-state index in [1.54, 1.807) is 57.4 Å². The molecule has 0 saturated heterocycles. The van der Waals surface area contributed by atoms with Gasteiger partial charge in [0.15, 0.2) is 11.6 Å². The molecule has 1 saturated carbocycles. The number of aromatic nitrogens is 2. The van der Waals surface area contributed by atoms with Gasteiger partial charge in [0.25, 0.3) is 0 Å². The maximum absolute atomic E-state index is 14.6. The third-order valence-electron chi connectivity index (χ3n) is 10.4. The first-order chi connectivity index (χ1) is 24.4. The van der Waals surface area contributed by atoms with Gasteiger partial charge in [0.2, 0.25) is 5.91 Å². The number of rotatable bonds is 19. The number of aliphatic hydroxyl groups excluding tert-OH is 2. The Hall–Kier alpha value is -3.68. The Bertz CT molecular complexity index is 1620. The minimum absolute atomic E-state index is 0.0175. The van der Waals surface area contributed by atoms with Crippen molar-refractivity contribution in [3.63, 3.8) is 0 Å². The number of nitrogens with zero attached hydrogens (tertiary/aromatic N) is 1. The lowest BCUT2D eigenvalue weighted by molar-refractivity contribution is -0.123. The van der Waals surface area contributed by atoms with Gasteiger partial charge in [0.1, 0.15) is 23.7 Å². The first kappa shape index (κ1) is 40.1. The second kappa shape index (κ2) is 18.7. The molecule has 0 bridgehead atoms. The highest BCUT2D eigenvalue weighted by Gasteiger charge is 2.40. The Morgan fingerprint density at radius 2 is 1.69 bits per heavy atom. The van der Waals surface area contributed by atoms with Gasteiger partial charge in [-0.1, -0.05) is 78.4 Å². The fraction of sp³-hybridized carbons (Fsp3) is 0.590. The number of carbonyl (C=O) groups excluding carboxylic acids is 3. The van der Waals surface area contributed by atoms with E-state index in [-0.39, 0.29) is 47.2 Å². The van der Waals surface area contributed by atoms with Crippen LogP contribution in [0.4, 0.5) is 0 Å². The van der Waals surface area contributed by atoms with Crippen LogP contribution < -0.4 is 21.5 Å². The van der Waals surface area contributed by atoms with Crippen molar-refractivity contribution in [1.82, 2.24) is 15.3 Å². The summed E-state index contributed by atoms with van der Waals surface area (Å²) in [5, 5.41) is 25.7. The number of benzene rings is 2. The summed E-state index contributed by atoms with van der Waals surface area (Å²) in [5.41, 5.74) is 13.6. The standard InChI is InChI=1S/C39H57N5O7/c1-6-23(4)33(41)39(49)42-21-30-43-28-17-16-26(32(34(28)44-30)35(45)25-14-10-11-15-29(25)51-19-18-50-5)36(46)31(22(2)3)38(48)37(47)27(40)20-24-12-8-7-9-13-24/h10-11,14-17,22-24,27,31,33,37-38,47-48H,6-9,12-13,18-21,40-41H2,1-5H3,(H,42,49)(H,43,44)/t23-,27+,31?,33-,37-,38?/m1/s1. The van der Waals surface area contributed by atoms with Crippen molar-refractivity contribution in [3.05, 3.63) is 58.9 Å². The molecule has 280 valence electrons. The van der Waals surface area contributed by atoms with Crippen LogP contribution in [0, 0.1) is 23.7 Å². The molecular formula is C39H57N5O7. The second-order valence-corrected chi connectivity index (χ2v) is 14.4. The van der Waals surface area contributed by atoms with Gasteiger partial charge in [-0.05, 0) is 48.4 Å². The van der Waals surface area contributed by atoms with Crippen molar-refractivity contribution >= 4 is 28.5 Å². The van der Waals surface area contributed by atoms with Gasteiger partial charge in [-0.3, -0.25) is 14.4 Å². The van der Waals surface area contributed by atoms with E-state index in [1.165, 1.54) is 6.42 Å². The molecule has 51 heavy (non-hydrogen) atoms. The lowest BCUT2D eigenvalue weighted by Gasteiger charge is -2.34. The molecule has 2 aromatic carbocycles. The lowest BCUT2D eigenvalue weighted by atomic mass is 9.77. The largest absolute Gasteiger partial charge is 0.490 e. The molecule has 12 nitrogen and oxygen atoms in total. The van der Waals surface area contributed by atoms with Crippen molar-refractivity contribution in [2.45, 2.75) is 103 Å². The van der Waals surface area contributed by atoms with E-state index < -0.39 is 47.7 Å². The van der Waals surface area contributed by atoms with Crippen LogP contribution in [-0.4, -0.2) is 82.3 Å². The van der Waals surface area contributed by atoms with Gasteiger partial charge in [-0.15, -0.1) is 0 Å². The van der Waals surface area contributed by atoms with Crippen LogP contribution in [0.25, 0.3) is 11.0 Å². The van der Waals surface area contributed by atoms with Crippen molar-refractivity contribution in [2.24, 2.45) is 35.1 Å². The molecule has 1 heterocycles. The topological polar surface area (TPSA) is 203 Å². The number of ketones is 2. The van der Waals surface area contributed by atoms with Gasteiger partial charge in [0.05, 0.1) is 54.0 Å². The third kappa shape index (κ3) is 9.81. The number of aliphatic hydroxyl groups is 2. The monoisotopic (exact) mass is 707 g/mol. The van der Waals surface area contributed by atoms with Crippen molar-refractivity contribution in [2.75, 3.05) is 20.3 Å². The number of methoxy groups -OCH3 is 1. The Morgan fingerprint density at radius 1 is 0.980 bits per heavy atom. The number of H-pyrrole nitrogens is 1. The molecule has 1 aliphatic rings. The summed E-state index contributed by atoms with van der Waals surface area (Å²) in [7, 11) is 1.55. The molecule has 2 unspecified atom stereocenters. The minimum atomic E-state index is -1.47. The highest BCUT2D eigenvalue weighted by atomic mass is 16.5. The Kier molecular flexibility index (Phi) is 14.7. The predicted octanol–water partition coefficient (Wildman–Crippen LogP) is 4.28. The van der Waals surface area contributed by atoms with Crippen molar-refractivity contribution in [3.8, 4) is 5.75 Å². The number of amides is 1. The van der Waals surface area contributed by atoms with Crippen LogP contribution in [0.5, 0.6) is 5.75 Å². The number of Topliss-reactive ketones (excluding diaryl/α,β-unsaturated/α-hetero) is 1. The van der Waals surface area contributed by atoms with E-state index >= 15 is 0 Å². The lowest BCUT2D eigenvalue weighted by Crippen LogP contribution is -2.50. The number of hydrogen-bond acceptors (Lipinski definition) is 10. The maximum Gasteiger partial charge on any atom is 0.237 e. The third-order valence-corrected chi connectivity index (χ3v) is 10.4. The average molecular weight is 708 g/mol. The quantitative estimate of drug-likeness (QED) is 0.0771. The Balaban J connectivity index is 1.75. The van der Waals surface area contributed by atoms with Crippen molar-refractivity contribution < 1.29 is 34.1 Å². The van der Waals surface area contributed by atoms with E-state index in [0.29, 0.717) is 36.0 Å². The van der Waals surface area contributed by atoms with Gasteiger partial charge in [-0.2, -0.15) is 0 Å². The van der Waals surface area contributed by atoms with Crippen LogP contribution in [0.1, 0.15) is 105 Å². The summed E-state index contributed by atoms with van der Waals surface area (Å²) in [6.45, 7) is 7.98. The highest BCUT2D eigenvalue weighted by Crippen LogP contribution is 2.33. The van der Waals surface area contributed by atoms with E-state index in [4.69, 9.17) is 25.9 Å². The van der Waals surface area contributed by atoms with Crippen LogP contribution >= 0.6 is 0 Å². The van der Waals surface area contributed by atoms with Gasteiger partial charge >= 0.3 is 0 Å². The molecule has 1 aliphatic carbocycles. The number of nitrogens with two attached hydrogens (primary N) is 2. The predicted molar refractivity (Wildman–Crippen MR) is 196 cm³/mol. The number of hydrogen-bond donors (Lipinski definition) is 6. The molecule has 1 aromatic heterocycles. The molecule has 0 spiro atoms. The fourth-order valence-electron chi connectivity index (χ4n) is 7.04. The first-order valence-electron chi connectivity index (χ1n) is 18.4. The Labute approximate surface area is 301 Å². The van der Waals surface area contributed by atoms with Crippen LogP contribution in [0.15, 0.2) is 36.4 Å². The Morgan fingerprint density at radius 3 is 2.35 bits per heavy atom. The fourth-order valence-corrected chi connectivity index (χ4v) is 7.04. The second-order valence-electron chi connectivity index (χ2n) is 14.4. The highest BCUT2D eigenvalue weighted by molar-refractivity contribution is 6.22. The molecule has 1 fully saturated rings. The number of aromatic amines is 1. The number of nitrogens with one attached hydrogen (secondary N) is 2. The van der Waals surface area contributed by atoms with Gasteiger partial charge in [0, 0.05) is 18.7 Å². The van der Waals surface area contributed by atoms with Crippen LogP contribution in [0.3, 0.4) is 0 Å². The summed E-state index contributed by atoms with van der Waals surface area (Å²) in [6.07, 6.45) is 3.98. The molecular weight excluding hydrogens is 650 g/mol. The molecule has 0 aliphatic heterocycles. The van der Waals surface area contributed by atoms with E-state index in [9.17, 15) is 24.6 Å². The molecule has 3 aromatic rings. The number of carbonyl (C=O) groups is 3. The van der Waals surface area contributed by atoms with E-state index in [2.05, 4.69) is 10.3 Å². The summed E-state index contributed by atoms with van der Waals surface area (Å²) >= 11 is 0. The van der Waals surface area contributed by atoms with Gasteiger partial charge in [-0.25, -0.2) is 4.98 Å². The van der Waals surface area contributed by atoms with E-state index in [0.717, 1.165) is 32.1 Å². The summed E-state index contributed by atoms with van der Waals surface area (Å²) in [4.78, 5) is 49.8. The van der Waals surface area contributed by atoms with Gasteiger partial charge < -0.3 is 41.5 Å². The molecule has 0 radical (unpaired) electrons. The summed E-state index contributed by atoms with van der Waals surface area (Å²) in [5.74, 6) is -1.81. The van der Waals surface area contributed by atoms with Crippen LogP contribution in [0.2, 0.25) is 0 Å². The molecule has 8 N–H and O–H groups in total. The summed E-state index contributed by atoms with van der Waals surface area (Å²) in [6, 6.07) is 8.52. The molecule has 12 heteroatoms. The minimum Gasteiger partial charge on any atom is -0.490 e. The van der Waals surface area contributed by atoms with E-state index in [1.807, 2.05) is 13.8 Å². The zero-order valence-electron chi connectivity index (χ0n) is 30.7. The van der Waals surface area contributed by atoms with Crippen molar-refractivity contribution in [1.29, 1.82) is 0 Å². The maximum atomic E-state index is 14.6.